The maximum atomic E-state index is 13.4. The Morgan fingerprint density at radius 2 is 1.55 bits per heavy atom. The lowest BCUT2D eigenvalue weighted by Gasteiger charge is -2.14. The second kappa shape index (κ2) is 6.59. The minimum Gasteiger partial charge on any atom is -0.496 e. The number of hydrogen-bond acceptors (Lipinski definition) is 2. The van der Waals surface area contributed by atoms with E-state index >= 15 is 0 Å². The molecule has 0 saturated carbocycles. The third-order valence-electron chi connectivity index (χ3n) is 2.94. The van der Waals surface area contributed by atoms with Crippen LogP contribution in [-0.2, 0) is 0 Å². The van der Waals surface area contributed by atoms with Gasteiger partial charge in [-0.3, -0.25) is 0 Å². The molecule has 0 aliphatic rings. The van der Waals surface area contributed by atoms with E-state index in [1.54, 1.807) is 19.2 Å². The molecule has 2 nitrogen and oxygen atoms in total. The van der Waals surface area contributed by atoms with Crippen LogP contribution < -0.4 is 9.47 Å². The normalized spacial score (nSPS) is 12.1. The fraction of sp³-hybridized carbons (Fsp3) is 0.200. The van der Waals surface area contributed by atoms with Gasteiger partial charge in [0.25, 0.3) is 0 Å². The van der Waals surface area contributed by atoms with Crippen LogP contribution in [0.25, 0.3) is 0 Å². The predicted octanol–water partition coefficient (Wildman–Crippen LogP) is 5.09. The second-order valence-corrected chi connectivity index (χ2v) is 5.92. The molecule has 0 N–H and O–H groups in total. The van der Waals surface area contributed by atoms with Crippen molar-refractivity contribution in [1.29, 1.82) is 0 Å². The molecule has 0 aromatic heterocycles. The molecular weight excluding hydrogens is 391 g/mol. The smallest absolute Gasteiger partial charge is 0.165 e. The molecule has 2 aromatic carbocycles. The molecule has 106 valence electrons. The van der Waals surface area contributed by atoms with Crippen LogP contribution in [0.3, 0.4) is 0 Å². The summed E-state index contributed by atoms with van der Waals surface area (Å²) in [6.07, 6.45) is 0. The van der Waals surface area contributed by atoms with E-state index in [9.17, 15) is 4.39 Å². The lowest BCUT2D eigenvalue weighted by Crippen LogP contribution is -1.96. The molecule has 0 bridgehead atoms. The highest BCUT2D eigenvalue weighted by Gasteiger charge is 2.14. The second-order valence-electron chi connectivity index (χ2n) is 4.15. The van der Waals surface area contributed by atoms with Crippen LogP contribution in [0.1, 0.15) is 16.0 Å². The van der Waals surface area contributed by atoms with Gasteiger partial charge < -0.3 is 9.47 Å². The minimum absolute atomic E-state index is 0.0563. The zero-order valence-corrected chi connectivity index (χ0v) is 14.2. The number of halogens is 3. The summed E-state index contributed by atoms with van der Waals surface area (Å²) in [5, 5.41) is 0. The Morgan fingerprint density at radius 1 is 0.950 bits per heavy atom. The Morgan fingerprint density at radius 3 is 2.15 bits per heavy atom. The van der Waals surface area contributed by atoms with Crippen LogP contribution >= 0.6 is 31.9 Å². The van der Waals surface area contributed by atoms with Crippen LogP contribution in [0, 0.1) is 5.82 Å². The molecule has 2 aromatic rings. The number of alkyl halides is 1. The van der Waals surface area contributed by atoms with Crippen LogP contribution in [0.4, 0.5) is 4.39 Å². The number of ether oxygens (including phenoxy) is 2. The quantitative estimate of drug-likeness (QED) is 0.662. The lowest BCUT2D eigenvalue weighted by molar-refractivity contribution is 0.386. The van der Waals surface area contributed by atoms with Crippen molar-refractivity contribution in [1.82, 2.24) is 0 Å². The molecule has 2 rings (SSSR count). The molecule has 1 unspecified atom stereocenters. The summed E-state index contributed by atoms with van der Waals surface area (Å²) in [4.78, 5) is -0.0563. The predicted molar refractivity (Wildman–Crippen MR) is 84.4 cm³/mol. The van der Waals surface area contributed by atoms with Gasteiger partial charge in [0.15, 0.2) is 11.6 Å². The van der Waals surface area contributed by atoms with Crippen LogP contribution in [0.5, 0.6) is 11.5 Å². The molecule has 0 radical (unpaired) electrons. The summed E-state index contributed by atoms with van der Waals surface area (Å²) >= 11 is 7.08. The summed E-state index contributed by atoms with van der Waals surface area (Å²) in [5.74, 6) is 0.636. The monoisotopic (exact) mass is 402 g/mol. The molecule has 0 spiro atoms. The van der Waals surface area contributed by atoms with E-state index in [1.165, 1.54) is 13.2 Å². The highest BCUT2D eigenvalue weighted by molar-refractivity contribution is 9.10. The lowest BCUT2D eigenvalue weighted by atomic mass is 10.0. The number of hydrogen-bond donors (Lipinski definition) is 0. The minimum atomic E-state index is -0.369. The van der Waals surface area contributed by atoms with E-state index in [0.717, 1.165) is 21.3 Å². The van der Waals surface area contributed by atoms with Crippen molar-refractivity contribution in [3.63, 3.8) is 0 Å². The Balaban J connectivity index is 2.35. The molecule has 0 aliphatic carbocycles. The summed E-state index contributed by atoms with van der Waals surface area (Å²) in [7, 11) is 3.08. The molecule has 0 amide bonds. The first-order valence-electron chi connectivity index (χ1n) is 5.87. The van der Waals surface area contributed by atoms with E-state index in [4.69, 9.17) is 9.47 Å². The van der Waals surface area contributed by atoms with Crippen molar-refractivity contribution in [2.75, 3.05) is 14.2 Å². The Hall–Kier alpha value is -1.07. The summed E-state index contributed by atoms with van der Waals surface area (Å²) < 4.78 is 24.5. The molecule has 0 aliphatic heterocycles. The standard InChI is InChI=1S/C15H13Br2FO2/c1-19-13-6-4-9(7-11(13)16)15(17)10-3-5-12(18)14(8-10)20-2/h3-8,15H,1-2H3. The van der Waals surface area contributed by atoms with Gasteiger partial charge in [-0.05, 0) is 51.3 Å². The van der Waals surface area contributed by atoms with Crippen molar-refractivity contribution >= 4 is 31.9 Å². The fourth-order valence-corrected chi connectivity index (χ4v) is 2.99. The molecule has 0 fully saturated rings. The van der Waals surface area contributed by atoms with Gasteiger partial charge in [0.2, 0.25) is 0 Å². The largest absolute Gasteiger partial charge is 0.496 e. The zero-order valence-electron chi connectivity index (χ0n) is 11.0. The van der Waals surface area contributed by atoms with Crippen molar-refractivity contribution < 1.29 is 13.9 Å². The van der Waals surface area contributed by atoms with Crippen molar-refractivity contribution in [2.24, 2.45) is 0 Å². The van der Waals surface area contributed by atoms with Crippen molar-refractivity contribution in [3.05, 3.63) is 57.8 Å². The third-order valence-corrected chi connectivity index (χ3v) is 4.61. The maximum absolute atomic E-state index is 13.4. The zero-order chi connectivity index (χ0) is 14.7. The highest BCUT2D eigenvalue weighted by Crippen LogP contribution is 2.36. The van der Waals surface area contributed by atoms with Crippen molar-refractivity contribution in [2.45, 2.75) is 4.83 Å². The van der Waals surface area contributed by atoms with E-state index in [2.05, 4.69) is 31.9 Å². The van der Waals surface area contributed by atoms with Gasteiger partial charge in [-0.25, -0.2) is 4.39 Å². The van der Waals surface area contributed by atoms with Crippen LogP contribution in [0.2, 0.25) is 0 Å². The molecule has 0 saturated heterocycles. The SMILES string of the molecule is COc1cc(C(Br)c2ccc(OC)c(Br)c2)ccc1F. The van der Waals surface area contributed by atoms with Gasteiger partial charge >= 0.3 is 0 Å². The van der Waals surface area contributed by atoms with Gasteiger partial charge in [0.05, 0.1) is 23.5 Å². The van der Waals surface area contributed by atoms with Gasteiger partial charge in [0, 0.05) is 0 Å². The third kappa shape index (κ3) is 3.15. The fourth-order valence-electron chi connectivity index (χ4n) is 1.87. The first-order valence-corrected chi connectivity index (χ1v) is 7.58. The first kappa shape index (κ1) is 15.3. The average Bonchev–Trinajstić information content (AvgIpc) is 2.47. The first-order chi connectivity index (χ1) is 9.56. The summed E-state index contributed by atoms with van der Waals surface area (Å²) in [6.45, 7) is 0. The van der Waals surface area contributed by atoms with E-state index < -0.39 is 0 Å². The molecule has 20 heavy (non-hydrogen) atoms. The molecule has 5 heteroatoms. The van der Waals surface area contributed by atoms with Gasteiger partial charge in [0.1, 0.15) is 5.75 Å². The maximum Gasteiger partial charge on any atom is 0.165 e. The average molecular weight is 404 g/mol. The van der Waals surface area contributed by atoms with Gasteiger partial charge in [-0.1, -0.05) is 28.1 Å². The Bertz CT molecular complexity index is 617. The number of rotatable bonds is 4. The molecule has 0 heterocycles. The topological polar surface area (TPSA) is 18.5 Å². The van der Waals surface area contributed by atoms with E-state index in [1.807, 2.05) is 18.2 Å². The highest BCUT2D eigenvalue weighted by atomic mass is 79.9. The number of methoxy groups -OCH3 is 2. The van der Waals surface area contributed by atoms with Crippen molar-refractivity contribution in [3.8, 4) is 11.5 Å². The van der Waals surface area contributed by atoms with E-state index in [-0.39, 0.29) is 16.4 Å². The molecular formula is C15H13Br2FO2. The molecule has 1 atom stereocenters. The van der Waals surface area contributed by atoms with Crippen LogP contribution in [-0.4, -0.2) is 14.2 Å². The Kier molecular flexibility index (Phi) is 5.05. The van der Waals surface area contributed by atoms with E-state index in [0.29, 0.717) is 0 Å². The Labute approximate surface area is 134 Å². The summed E-state index contributed by atoms with van der Waals surface area (Å²) in [6, 6.07) is 10.6. The summed E-state index contributed by atoms with van der Waals surface area (Å²) in [5.41, 5.74) is 1.95. The number of benzene rings is 2. The van der Waals surface area contributed by atoms with Gasteiger partial charge in [-0.2, -0.15) is 0 Å². The van der Waals surface area contributed by atoms with Crippen LogP contribution in [0.15, 0.2) is 40.9 Å². The van der Waals surface area contributed by atoms with Gasteiger partial charge in [-0.15, -0.1) is 0 Å².